The van der Waals surface area contributed by atoms with E-state index in [1.165, 1.54) is 0 Å². The van der Waals surface area contributed by atoms with Gasteiger partial charge in [-0.25, -0.2) is 14.8 Å². The van der Waals surface area contributed by atoms with Crippen LogP contribution in [0.1, 0.15) is 52.1 Å². The number of carbonyl (C=O) groups is 1. The number of amides is 1. The fraction of sp³-hybridized carbons (Fsp3) is 0.591. The molecule has 2 aromatic rings. The number of pyridine rings is 2. The van der Waals surface area contributed by atoms with Crippen molar-refractivity contribution < 1.29 is 14.3 Å². The predicted molar refractivity (Wildman–Crippen MR) is 114 cm³/mol. The minimum Gasteiger partial charge on any atom is -0.444 e. The average molecular weight is 420 g/mol. The summed E-state index contributed by atoms with van der Waals surface area (Å²) in [6.07, 6.45) is 6.41. The number of halogens is 1. The normalized spacial score (nSPS) is 17.1. The minimum atomic E-state index is -0.462. The smallest absolute Gasteiger partial charge is 0.410 e. The van der Waals surface area contributed by atoms with Crippen molar-refractivity contribution in [3.63, 3.8) is 0 Å². The van der Waals surface area contributed by atoms with Crippen molar-refractivity contribution in [2.75, 3.05) is 19.7 Å². The molecule has 0 saturated carbocycles. The van der Waals surface area contributed by atoms with Crippen molar-refractivity contribution in [2.45, 2.75) is 64.6 Å². The Bertz CT molecular complexity index is 838. The summed E-state index contributed by atoms with van der Waals surface area (Å²) < 4.78 is 11.4. The van der Waals surface area contributed by atoms with Crippen LogP contribution in [-0.4, -0.2) is 52.4 Å². The van der Waals surface area contributed by atoms with E-state index in [9.17, 15) is 4.79 Å². The van der Waals surface area contributed by atoms with Gasteiger partial charge < -0.3 is 14.4 Å². The Morgan fingerprint density at radius 1 is 1.31 bits per heavy atom. The summed E-state index contributed by atoms with van der Waals surface area (Å²) in [4.78, 5) is 22.7. The standard InChI is InChI=1S/C22H30ClN3O3/c1-22(2,3)29-21(27)26-12-10-17(15-26)28-13-6-4-5-8-16-14-19(23)18-9-7-11-24-20(18)25-16/h7,9,11,14,17H,4-6,8,10,12-13,15H2,1-3H3/t17-/m1/s1. The summed E-state index contributed by atoms with van der Waals surface area (Å²) in [5.41, 5.74) is 1.22. The van der Waals surface area contributed by atoms with Gasteiger partial charge in [-0.1, -0.05) is 18.0 Å². The Labute approximate surface area is 177 Å². The number of hydrogen-bond acceptors (Lipinski definition) is 5. The largest absolute Gasteiger partial charge is 0.444 e. The van der Waals surface area contributed by atoms with Crippen molar-refractivity contribution in [3.05, 3.63) is 35.1 Å². The van der Waals surface area contributed by atoms with Gasteiger partial charge in [-0.15, -0.1) is 0 Å². The number of fused-ring (bicyclic) bond motifs is 1. The van der Waals surface area contributed by atoms with Crippen molar-refractivity contribution in [1.29, 1.82) is 0 Å². The molecule has 0 aromatic carbocycles. The Balaban J connectivity index is 1.32. The van der Waals surface area contributed by atoms with E-state index in [0.29, 0.717) is 30.4 Å². The third-order valence-electron chi connectivity index (χ3n) is 4.81. The number of rotatable bonds is 7. The summed E-state index contributed by atoms with van der Waals surface area (Å²) in [6, 6.07) is 5.74. The van der Waals surface area contributed by atoms with Crippen LogP contribution < -0.4 is 0 Å². The Hall–Kier alpha value is -1.92. The maximum Gasteiger partial charge on any atom is 0.410 e. The van der Waals surface area contributed by atoms with E-state index in [2.05, 4.69) is 9.97 Å². The summed E-state index contributed by atoms with van der Waals surface area (Å²) >= 11 is 6.33. The molecule has 1 saturated heterocycles. The van der Waals surface area contributed by atoms with Crippen LogP contribution in [0.2, 0.25) is 5.02 Å². The van der Waals surface area contributed by atoms with Crippen molar-refractivity contribution in [2.24, 2.45) is 0 Å². The van der Waals surface area contributed by atoms with E-state index in [-0.39, 0.29) is 12.2 Å². The van der Waals surface area contributed by atoms with E-state index in [1.807, 2.05) is 39.0 Å². The molecule has 158 valence electrons. The SMILES string of the molecule is CC(C)(C)OC(=O)N1CC[C@@H](OCCCCCc2cc(Cl)c3cccnc3n2)C1. The number of ether oxygens (including phenoxy) is 2. The first kappa shape index (κ1) is 21.8. The van der Waals surface area contributed by atoms with Crippen LogP contribution in [0.15, 0.2) is 24.4 Å². The fourth-order valence-electron chi connectivity index (χ4n) is 3.38. The average Bonchev–Trinajstić information content (AvgIpc) is 3.12. The topological polar surface area (TPSA) is 64.5 Å². The highest BCUT2D eigenvalue weighted by Crippen LogP contribution is 2.22. The van der Waals surface area contributed by atoms with Crippen LogP contribution in [0, 0.1) is 0 Å². The molecule has 0 aliphatic carbocycles. The molecule has 3 heterocycles. The Morgan fingerprint density at radius 3 is 2.93 bits per heavy atom. The van der Waals surface area contributed by atoms with E-state index in [1.54, 1.807) is 11.1 Å². The Kier molecular flexibility index (Phi) is 7.30. The first-order chi connectivity index (χ1) is 13.8. The minimum absolute atomic E-state index is 0.106. The lowest BCUT2D eigenvalue weighted by Gasteiger charge is -2.24. The molecule has 1 aliphatic rings. The third-order valence-corrected chi connectivity index (χ3v) is 5.13. The quantitative estimate of drug-likeness (QED) is 0.589. The van der Waals surface area contributed by atoms with Gasteiger partial charge in [-0.3, -0.25) is 0 Å². The van der Waals surface area contributed by atoms with E-state index in [0.717, 1.165) is 43.2 Å². The number of nitrogens with zero attached hydrogens (tertiary/aromatic N) is 3. The number of carbonyl (C=O) groups excluding carboxylic acids is 1. The molecule has 7 heteroatoms. The molecule has 0 unspecified atom stereocenters. The van der Waals surface area contributed by atoms with Gasteiger partial charge in [0, 0.05) is 30.4 Å². The monoisotopic (exact) mass is 419 g/mol. The van der Waals surface area contributed by atoms with E-state index < -0.39 is 5.60 Å². The summed E-state index contributed by atoms with van der Waals surface area (Å²) in [7, 11) is 0. The first-order valence-corrected chi connectivity index (χ1v) is 10.7. The van der Waals surface area contributed by atoms with Gasteiger partial charge in [0.05, 0.1) is 17.7 Å². The molecule has 2 aromatic heterocycles. The van der Waals surface area contributed by atoms with Crippen LogP contribution in [0.25, 0.3) is 11.0 Å². The summed E-state index contributed by atoms with van der Waals surface area (Å²) in [5.74, 6) is 0. The molecular weight excluding hydrogens is 390 g/mol. The highest BCUT2D eigenvalue weighted by molar-refractivity contribution is 6.35. The molecule has 0 bridgehead atoms. The van der Waals surface area contributed by atoms with Gasteiger partial charge >= 0.3 is 6.09 Å². The molecule has 0 radical (unpaired) electrons. The van der Waals surface area contributed by atoms with Gasteiger partial charge in [0.15, 0.2) is 5.65 Å². The van der Waals surface area contributed by atoms with Gasteiger partial charge in [0.2, 0.25) is 0 Å². The molecule has 1 aliphatic heterocycles. The zero-order valence-electron chi connectivity index (χ0n) is 17.5. The highest BCUT2D eigenvalue weighted by atomic mass is 35.5. The highest BCUT2D eigenvalue weighted by Gasteiger charge is 2.30. The zero-order valence-corrected chi connectivity index (χ0v) is 18.2. The third kappa shape index (κ3) is 6.54. The van der Waals surface area contributed by atoms with Crippen LogP contribution in [0.3, 0.4) is 0 Å². The number of unbranched alkanes of at least 4 members (excludes halogenated alkanes) is 2. The van der Waals surface area contributed by atoms with Crippen LogP contribution in [-0.2, 0) is 15.9 Å². The zero-order chi connectivity index (χ0) is 20.9. The lowest BCUT2D eigenvalue weighted by molar-refractivity contribution is 0.0206. The molecule has 1 atom stereocenters. The molecule has 0 spiro atoms. The van der Waals surface area contributed by atoms with E-state index in [4.69, 9.17) is 21.1 Å². The van der Waals surface area contributed by atoms with Gasteiger partial charge in [0.25, 0.3) is 0 Å². The summed E-state index contributed by atoms with van der Waals surface area (Å²) in [5, 5.41) is 1.60. The van der Waals surface area contributed by atoms with Crippen molar-refractivity contribution in [1.82, 2.24) is 14.9 Å². The molecule has 3 rings (SSSR count). The number of likely N-dealkylation sites (tertiary alicyclic amines) is 1. The van der Waals surface area contributed by atoms with Crippen molar-refractivity contribution in [3.8, 4) is 0 Å². The fourth-order valence-corrected chi connectivity index (χ4v) is 3.66. The molecule has 1 fully saturated rings. The number of hydrogen-bond donors (Lipinski definition) is 0. The second-order valence-corrected chi connectivity index (χ2v) is 8.90. The molecular formula is C22H30ClN3O3. The lowest BCUT2D eigenvalue weighted by Crippen LogP contribution is -2.36. The predicted octanol–water partition coefficient (Wildman–Crippen LogP) is 5.02. The number of aryl methyl sites for hydroxylation is 1. The summed E-state index contributed by atoms with van der Waals surface area (Å²) in [6.45, 7) is 7.66. The van der Waals surface area contributed by atoms with E-state index >= 15 is 0 Å². The van der Waals surface area contributed by atoms with Gasteiger partial charge in [-0.2, -0.15) is 0 Å². The van der Waals surface area contributed by atoms with Gasteiger partial charge in [-0.05, 0) is 64.7 Å². The van der Waals surface area contributed by atoms with Crippen LogP contribution in [0.4, 0.5) is 4.79 Å². The number of aromatic nitrogens is 2. The molecule has 0 N–H and O–H groups in total. The van der Waals surface area contributed by atoms with Crippen molar-refractivity contribution >= 4 is 28.7 Å². The maximum absolute atomic E-state index is 12.1. The maximum atomic E-state index is 12.1. The molecule has 29 heavy (non-hydrogen) atoms. The van der Waals surface area contributed by atoms with Crippen LogP contribution in [0.5, 0.6) is 0 Å². The Morgan fingerprint density at radius 2 is 2.14 bits per heavy atom. The lowest BCUT2D eigenvalue weighted by atomic mass is 10.1. The first-order valence-electron chi connectivity index (χ1n) is 10.3. The second-order valence-electron chi connectivity index (χ2n) is 8.49. The second kappa shape index (κ2) is 9.72. The molecule has 1 amide bonds. The molecule has 6 nitrogen and oxygen atoms in total. The van der Waals surface area contributed by atoms with Crippen LogP contribution >= 0.6 is 11.6 Å². The van der Waals surface area contributed by atoms with Gasteiger partial charge in [0.1, 0.15) is 5.60 Å².